The number of nitrogens with one attached hydrogen (secondary N) is 1. The molecule has 0 atom stereocenters. The Labute approximate surface area is 178 Å². The summed E-state index contributed by atoms with van der Waals surface area (Å²) in [6.07, 6.45) is 1.33. The van der Waals surface area contributed by atoms with Gasteiger partial charge in [-0.3, -0.25) is 9.59 Å². The number of hydrogen-bond donors (Lipinski definition) is 2. The number of phenolic OH excluding ortho intramolecular Hbond substituents is 1. The third-order valence-corrected chi connectivity index (χ3v) is 4.84. The van der Waals surface area contributed by atoms with Crippen molar-refractivity contribution < 1.29 is 9.90 Å². The van der Waals surface area contributed by atoms with Crippen LogP contribution in [0.25, 0.3) is 11.4 Å². The van der Waals surface area contributed by atoms with E-state index in [9.17, 15) is 14.7 Å². The van der Waals surface area contributed by atoms with Crippen molar-refractivity contribution in [2.45, 2.75) is 6.92 Å². The fourth-order valence-electron chi connectivity index (χ4n) is 3.33. The summed E-state index contributed by atoms with van der Waals surface area (Å²) in [5.74, 6) is -0.717. The molecule has 4 aromatic rings. The van der Waals surface area contributed by atoms with E-state index in [2.05, 4.69) is 10.5 Å². The maximum Gasteiger partial charge on any atom is 0.280 e. The van der Waals surface area contributed by atoms with Crippen LogP contribution in [0.4, 0.5) is 0 Å². The molecule has 154 valence electrons. The highest BCUT2D eigenvalue weighted by molar-refractivity contribution is 5.97. The number of carbonyl (C=O) groups is 1. The highest BCUT2D eigenvalue weighted by atomic mass is 16.3. The molecule has 0 aliphatic heterocycles. The molecule has 1 aromatic heterocycles. The maximum absolute atomic E-state index is 13.3. The molecule has 0 saturated carbocycles. The lowest BCUT2D eigenvalue weighted by molar-refractivity contribution is 0.0952. The first-order chi connectivity index (χ1) is 15.1. The van der Waals surface area contributed by atoms with Gasteiger partial charge in [0.2, 0.25) is 0 Å². The standard InChI is InChI=1S/C24H20N4O3/c1-17-21(16-25-26-23(30)20-14-8-9-15-22(20)29)24(31)28(19-12-6-3-7-13-19)27(17)18-10-4-2-5-11-18/h2-16,29H,1H3,(H,26,30). The number of rotatable bonds is 5. The van der Waals surface area contributed by atoms with Gasteiger partial charge in [-0.15, -0.1) is 0 Å². The van der Waals surface area contributed by atoms with E-state index in [0.29, 0.717) is 16.9 Å². The number of nitrogens with zero attached hydrogens (tertiary/aromatic N) is 3. The van der Waals surface area contributed by atoms with E-state index in [0.717, 1.165) is 5.69 Å². The van der Waals surface area contributed by atoms with Gasteiger partial charge in [0.05, 0.1) is 34.4 Å². The number of aromatic hydroxyl groups is 1. The van der Waals surface area contributed by atoms with Crippen LogP contribution in [0.3, 0.4) is 0 Å². The Morgan fingerprint density at radius 1 is 0.871 bits per heavy atom. The van der Waals surface area contributed by atoms with Gasteiger partial charge in [-0.1, -0.05) is 48.5 Å². The van der Waals surface area contributed by atoms with Crippen LogP contribution in [0.2, 0.25) is 0 Å². The van der Waals surface area contributed by atoms with Crippen molar-refractivity contribution >= 4 is 12.1 Å². The van der Waals surface area contributed by atoms with E-state index in [1.54, 1.807) is 16.8 Å². The highest BCUT2D eigenvalue weighted by Crippen LogP contribution is 2.17. The second kappa shape index (κ2) is 8.54. The van der Waals surface area contributed by atoms with Gasteiger partial charge in [0, 0.05) is 0 Å². The molecule has 1 heterocycles. The summed E-state index contributed by atoms with van der Waals surface area (Å²) in [6.45, 7) is 1.82. The molecule has 2 N–H and O–H groups in total. The maximum atomic E-state index is 13.3. The number of phenols is 1. The van der Waals surface area contributed by atoms with Crippen LogP contribution in [0, 0.1) is 6.92 Å². The van der Waals surface area contributed by atoms with Gasteiger partial charge in [0.25, 0.3) is 11.5 Å². The molecule has 7 heteroatoms. The van der Waals surface area contributed by atoms with Gasteiger partial charge in [0.15, 0.2) is 0 Å². The average Bonchev–Trinajstić information content (AvgIpc) is 3.05. The molecule has 0 aliphatic rings. The number of benzene rings is 3. The van der Waals surface area contributed by atoms with E-state index < -0.39 is 5.91 Å². The van der Waals surface area contributed by atoms with Gasteiger partial charge < -0.3 is 5.11 Å². The zero-order valence-electron chi connectivity index (χ0n) is 16.8. The van der Waals surface area contributed by atoms with Crippen molar-refractivity contribution in [3.05, 3.63) is 112 Å². The van der Waals surface area contributed by atoms with Crippen molar-refractivity contribution in [2.75, 3.05) is 0 Å². The van der Waals surface area contributed by atoms with E-state index in [1.807, 2.05) is 72.3 Å². The van der Waals surface area contributed by atoms with Gasteiger partial charge in [-0.25, -0.2) is 14.8 Å². The Kier molecular flexibility index (Phi) is 5.49. The Balaban J connectivity index is 1.75. The first-order valence-corrected chi connectivity index (χ1v) is 9.65. The Bertz CT molecular complexity index is 1310. The Morgan fingerprint density at radius 2 is 1.42 bits per heavy atom. The zero-order valence-corrected chi connectivity index (χ0v) is 16.8. The van der Waals surface area contributed by atoms with E-state index in [4.69, 9.17) is 0 Å². The van der Waals surface area contributed by atoms with Crippen LogP contribution >= 0.6 is 0 Å². The van der Waals surface area contributed by atoms with Crippen molar-refractivity contribution in [2.24, 2.45) is 5.10 Å². The summed E-state index contributed by atoms with van der Waals surface area (Å²) in [5.41, 5.74) is 4.72. The summed E-state index contributed by atoms with van der Waals surface area (Å²) < 4.78 is 3.38. The molecule has 3 aromatic carbocycles. The average molecular weight is 412 g/mol. The molecular weight excluding hydrogens is 392 g/mol. The van der Waals surface area contributed by atoms with E-state index >= 15 is 0 Å². The predicted molar refractivity (Wildman–Crippen MR) is 119 cm³/mol. The minimum absolute atomic E-state index is 0.0972. The van der Waals surface area contributed by atoms with Crippen molar-refractivity contribution in [1.29, 1.82) is 0 Å². The molecule has 0 radical (unpaired) electrons. The first-order valence-electron chi connectivity index (χ1n) is 9.65. The quantitative estimate of drug-likeness (QED) is 0.389. The largest absolute Gasteiger partial charge is 0.507 e. The molecular formula is C24H20N4O3. The summed E-state index contributed by atoms with van der Waals surface area (Å²) >= 11 is 0. The van der Waals surface area contributed by atoms with Crippen LogP contribution in [0.1, 0.15) is 21.6 Å². The van der Waals surface area contributed by atoms with Crippen molar-refractivity contribution in [3.63, 3.8) is 0 Å². The molecule has 0 saturated heterocycles. The molecule has 7 nitrogen and oxygen atoms in total. The van der Waals surface area contributed by atoms with Gasteiger partial charge in [0.1, 0.15) is 5.75 Å². The number of aromatic nitrogens is 2. The summed E-state index contributed by atoms with van der Waals surface area (Å²) in [4.78, 5) is 25.5. The van der Waals surface area contributed by atoms with Gasteiger partial charge in [-0.05, 0) is 43.3 Å². The van der Waals surface area contributed by atoms with Gasteiger partial charge in [-0.2, -0.15) is 5.10 Å². The number of hydrogen-bond acceptors (Lipinski definition) is 4. The summed E-state index contributed by atoms with van der Waals surface area (Å²) in [6, 6.07) is 25.0. The summed E-state index contributed by atoms with van der Waals surface area (Å²) in [7, 11) is 0. The number of amides is 1. The number of hydrazone groups is 1. The smallest absolute Gasteiger partial charge is 0.280 e. The molecule has 0 bridgehead atoms. The Morgan fingerprint density at radius 3 is 2.03 bits per heavy atom. The normalized spacial score (nSPS) is 11.0. The molecule has 1 amide bonds. The minimum Gasteiger partial charge on any atom is -0.507 e. The van der Waals surface area contributed by atoms with Crippen molar-refractivity contribution in [3.8, 4) is 17.1 Å². The molecule has 31 heavy (non-hydrogen) atoms. The number of carbonyl (C=O) groups excluding carboxylic acids is 1. The molecule has 4 rings (SSSR count). The second-order valence-corrected chi connectivity index (χ2v) is 6.82. The number of para-hydroxylation sites is 3. The van der Waals surface area contributed by atoms with Crippen LogP contribution in [0.15, 0.2) is 94.8 Å². The van der Waals surface area contributed by atoms with Crippen LogP contribution in [0.5, 0.6) is 5.75 Å². The fraction of sp³-hybridized carbons (Fsp3) is 0.0417. The lowest BCUT2D eigenvalue weighted by atomic mass is 10.2. The molecule has 0 aliphatic carbocycles. The molecule has 0 fully saturated rings. The van der Waals surface area contributed by atoms with Crippen molar-refractivity contribution in [1.82, 2.24) is 14.8 Å². The SMILES string of the molecule is Cc1c(C=NNC(=O)c2ccccc2O)c(=O)n(-c2ccccc2)n1-c1ccccc1. The van der Waals surface area contributed by atoms with E-state index in [1.165, 1.54) is 18.3 Å². The lowest BCUT2D eigenvalue weighted by Crippen LogP contribution is -2.22. The van der Waals surface area contributed by atoms with Gasteiger partial charge >= 0.3 is 0 Å². The third kappa shape index (κ3) is 3.89. The minimum atomic E-state index is -0.571. The lowest BCUT2D eigenvalue weighted by Gasteiger charge is -2.13. The third-order valence-electron chi connectivity index (χ3n) is 4.84. The molecule has 0 spiro atoms. The first kappa shape index (κ1) is 19.9. The Hall–Kier alpha value is -4.39. The summed E-state index contributed by atoms with van der Waals surface area (Å²) in [5, 5.41) is 13.8. The zero-order chi connectivity index (χ0) is 21.8. The fourth-order valence-corrected chi connectivity index (χ4v) is 3.33. The second-order valence-electron chi connectivity index (χ2n) is 6.82. The topological polar surface area (TPSA) is 88.6 Å². The van der Waals surface area contributed by atoms with Crippen LogP contribution < -0.4 is 11.0 Å². The van der Waals surface area contributed by atoms with Crippen LogP contribution in [-0.2, 0) is 0 Å². The monoisotopic (exact) mass is 412 g/mol. The van der Waals surface area contributed by atoms with Crippen LogP contribution in [-0.4, -0.2) is 26.6 Å². The van der Waals surface area contributed by atoms with E-state index in [-0.39, 0.29) is 16.9 Å². The molecule has 0 unspecified atom stereocenters. The predicted octanol–water partition coefficient (Wildman–Crippen LogP) is 3.41. The highest BCUT2D eigenvalue weighted by Gasteiger charge is 2.18.